The predicted octanol–water partition coefficient (Wildman–Crippen LogP) is 4.15. The molecular weight excluding hydrogens is 302 g/mol. The van der Waals surface area contributed by atoms with Crippen LogP contribution >= 0.6 is 0 Å². The van der Waals surface area contributed by atoms with Gasteiger partial charge in [-0.2, -0.15) is 0 Å². The summed E-state index contributed by atoms with van der Waals surface area (Å²) in [6.07, 6.45) is 4.18. The first-order valence-corrected chi connectivity index (χ1v) is 7.55. The summed E-state index contributed by atoms with van der Waals surface area (Å²) in [6.45, 7) is 0.437. The average Bonchev–Trinajstić information content (AvgIpc) is 2.66. The molecular formula is C20H17NO3. The lowest BCUT2D eigenvalue weighted by Crippen LogP contribution is -1.97. The highest BCUT2D eigenvalue weighted by Crippen LogP contribution is 2.32. The first-order valence-electron chi connectivity index (χ1n) is 7.55. The van der Waals surface area contributed by atoms with Crippen molar-refractivity contribution < 1.29 is 14.3 Å². The number of carbonyl (C=O) groups is 1. The van der Waals surface area contributed by atoms with Gasteiger partial charge >= 0.3 is 0 Å². The Bertz CT molecular complexity index is 831. The van der Waals surface area contributed by atoms with Crippen molar-refractivity contribution in [3.05, 3.63) is 78.1 Å². The Labute approximate surface area is 140 Å². The standard InChI is InChI=1S/C20H17NO3/c1-23-20-7-8-21-12-19(20)17-9-16(13-22)10-18(11-17)24-14-15-5-3-2-4-6-15/h2-13H,14H2,1H3. The Morgan fingerprint density at radius 2 is 1.92 bits per heavy atom. The maximum absolute atomic E-state index is 11.3. The highest BCUT2D eigenvalue weighted by Gasteiger charge is 2.09. The Morgan fingerprint density at radius 3 is 2.67 bits per heavy atom. The molecule has 0 atom stereocenters. The molecule has 0 saturated carbocycles. The first-order chi connectivity index (χ1) is 11.8. The van der Waals surface area contributed by atoms with Crippen LogP contribution in [0.25, 0.3) is 11.1 Å². The van der Waals surface area contributed by atoms with Gasteiger partial charge in [0.25, 0.3) is 0 Å². The van der Waals surface area contributed by atoms with E-state index in [2.05, 4.69) is 4.98 Å². The number of methoxy groups -OCH3 is 1. The summed E-state index contributed by atoms with van der Waals surface area (Å²) in [6, 6.07) is 17.1. The molecule has 0 aliphatic rings. The molecule has 4 nitrogen and oxygen atoms in total. The molecule has 1 aromatic heterocycles. The molecule has 2 aromatic carbocycles. The molecule has 1 heterocycles. The van der Waals surface area contributed by atoms with Crippen molar-refractivity contribution in [3.8, 4) is 22.6 Å². The summed E-state index contributed by atoms with van der Waals surface area (Å²) in [5, 5.41) is 0. The second kappa shape index (κ2) is 7.42. The zero-order valence-electron chi connectivity index (χ0n) is 13.3. The van der Waals surface area contributed by atoms with Crippen molar-refractivity contribution in [2.24, 2.45) is 0 Å². The van der Waals surface area contributed by atoms with Crippen LogP contribution in [0.1, 0.15) is 15.9 Å². The number of hydrogen-bond acceptors (Lipinski definition) is 4. The molecule has 0 amide bonds. The van der Waals surface area contributed by atoms with Gasteiger partial charge in [0.2, 0.25) is 0 Å². The van der Waals surface area contributed by atoms with E-state index in [1.54, 1.807) is 37.7 Å². The minimum absolute atomic E-state index is 0.437. The van der Waals surface area contributed by atoms with Gasteiger partial charge < -0.3 is 9.47 Å². The smallest absolute Gasteiger partial charge is 0.150 e. The largest absolute Gasteiger partial charge is 0.496 e. The zero-order valence-corrected chi connectivity index (χ0v) is 13.3. The summed E-state index contributed by atoms with van der Waals surface area (Å²) >= 11 is 0. The number of benzene rings is 2. The first kappa shape index (κ1) is 15.7. The molecule has 0 bridgehead atoms. The molecule has 0 N–H and O–H groups in total. The Hall–Kier alpha value is -3.14. The van der Waals surface area contributed by atoms with Gasteiger partial charge in [0.1, 0.15) is 24.4 Å². The maximum Gasteiger partial charge on any atom is 0.150 e. The molecule has 0 unspecified atom stereocenters. The quantitative estimate of drug-likeness (QED) is 0.640. The Morgan fingerprint density at radius 1 is 1.08 bits per heavy atom. The van der Waals surface area contributed by atoms with Gasteiger partial charge in [-0.3, -0.25) is 9.78 Å². The van der Waals surface area contributed by atoms with Gasteiger partial charge in [0.15, 0.2) is 0 Å². The molecule has 120 valence electrons. The van der Waals surface area contributed by atoms with E-state index < -0.39 is 0 Å². The van der Waals surface area contributed by atoms with Gasteiger partial charge in [0.05, 0.1) is 7.11 Å². The van der Waals surface area contributed by atoms with E-state index in [9.17, 15) is 4.79 Å². The third-order valence-corrected chi connectivity index (χ3v) is 3.63. The van der Waals surface area contributed by atoms with Gasteiger partial charge in [-0.15, -0.1) is 0 Å². The van der Waals surface area contributed by atoms with Crippen LogP contribution in [0.2, 0.25) is 0 Å². The van der Waals surface area contributed by atoms with E-state index in [1.165, 1.54) is 0 Å². The molecule has 0 aliphatic heterocycles. The lowest BCUT2D eigenvalue weighted by Gasteiger charge is -2.12. The van der Waals surface area contributed by atoms with E-state index in [1.807, 2.05) is 36.4 Å². The second-order valence-electron chi connectivity index (χ2n) is 5.26. The SMILES string of the molecule is COc1ccncc1-c1cc(C=O)cc(OCc2ccccc2)c1. The van der Waals surface area contributed by atoms with Crippen LogP contribution in [-0.4, -0.2) is 18.4 Å². The topological polar surface area (TPSA) is 48.4 Å². The van der Waals surface area contributed by atoms with Crippen LogP contribution in [0.15, 0.2) is 67.0 Å². The van der Waals surface area contributed by atoms with Gasteiger partial charge in [-0.1, -0.05) is 30.3 Å². The van der Waals surface area contributed by atoms with Crippen LogP contribution in [0.4, 0.5) is 0 Å². The van der Waals surface area contributed by atoms with E-state index in [4.69, 9.17) is 9.47 Å². The maximum atomic E-state index is 11.3. The molecule has 0 spiro atoms. The summed E-state index contributed by atoms with van der Waals surface area (Å²) < 4.78 is 11.2. The number of aldehydes is 1. The fourth-order valence-electron chi connectivity index (χ4n) is 2.45. The molecule has 4 heteroatoms. The number of hydrogen-bond donors (Lipinski definition) is 0. The zero-order chi connectivity index (χ0) is 16.8. The van der Waals surface area contributed by atoms with Crippen molar-refractivity contribution in [2.45, 2.75) is 6.61 Å². The van der Waals surface area contributed by atoms with Crippen LogP contribution < -0.4 is 9.47 Å². The molecule has 3 aromatic rings. The molecule has 3 rings (SSSR count). The van der Waals surface area contributed by atoms with Crippen molar-refractivity contribution >= 4 is 6.29 Å². The predicted molar refractivity (Wildman–Crippen MR) is 92.4 cm³/mol. The summed E-state index contributed by atoms with van der Waals surface area (Å²) in [5.74, 6) is 1.33. The van der Waals surface area contributed by atoms with Crippen molar-refractivity contribution in [1.29, 1.82) is 0 Å². The number of aromatic nitrogens is 1. The normalized spacial score (nSPS) is 10.2. The minimum atomic E-state index is 0.437. The Balaban J connectivity index is 1.92. The fraction of sp³-hybridized carbons (Fsp3) is 0.100. The number of pyridine rings is 1. The number of rotatable bonds is 6. The summed E-state index contributed by atoms with van der Waals surface area (Å²) in [4.78, 5) is 15.4. The van der Waals surface area contributed by atoms with Crippen molar-refractivity contribution in [1.82, 2.24) is 4.98 Å². The minimum Gasteiger partial charge on any atom is -0.496 e. The third-order valence-electron chi connectivity index (χ3n) is 3.63. The van der Waals surface area contributed by atoms with Crippen LogP contribution in [0.3, 0.4) is 0 Å². The van der Waals surface area contributed by atoms with Gasteiger partial charge in [-0.25, -0.2) is 0 Å². The number of nitrogens with zero attached hydrogens (tertiary/aromatic N) is 1. The fourth-order valence-corrected chi connectivity index (χ4v) is 2.45. The lowest BCUT2D eigenvalue weighted by atomic mass is 10.0. The van der Waals surface area contributed by atoms with Crippen LogP contribution in [-0.2, 0) is 6.61 Å². The summed E-state index contributed by atoms with van der Waals surface area (Å²) in [7, 11) is 1.61. The highest BCUT2D eigenvalue weighted by molar-refractivity contribution is 5.81. The monoisotopic (exact) mass is 319 g/mol. The van der Waals surface area contributed by atoms with E-state index in [0.717, 1.165) is 23.0 Å². The van der Waals surface area contributed by atoms with Gasteiger partial charge in [-0.05, 0) is 35.4 Å². The van der Waals surface area contributed by atoms with E-state index in [0.29, 0.717) is 23.7 Å². The molecule has 24 heavy (non-hydrogen) atoms. The lowest BCUT2D eigenvalue weighted by molar-refractivity contribution is 0.112. The number of ether oxygens (including phenoxy) is 2. The molecule has 0 aliphatic carbocycles. The van der Waals surface area contributed by atoms with Crippen molar-refractivity contribution in [3.63, 3.8) is 0 Å². The molecule has 0 fully saturated rings. The molecule has 0 radical (unpaired) electrons. The van der Waals surface area contributed by atoms with Crippen LogP contribution in [0, 0.1) is 0 Å². The van der Waals surface area contributed by atoms with Crippen LogP contribution in [0.5, 0.6) is 11.5 Å². The third kappa shape index (κ3) is 3.60. The number of carbonyl (C=O) groups excluding carboxylic acids is 1. The second-order valence-corrected chi connectivity index (χ2v) is 5.26. The summed E-state index contributed by atoms with van der Waals surface area (Å²) in [5.41, 5.74) is 3.25. The van der Waals surface area contributed by atoms with Crippen molar-refractivity contribution in [2.75, 3.05) is 7.11 Å². The Kier molecular flexibility index (Phi) is 4.87. The van der Waals surface area contributed by atoms with E-state index in [-0.39, 0.29) is 0 Å². The molecule has 0 saturated heterocycles. The van der Waals surface area contributed by atoms with E-state index >= 15 is 0 Å². The highest BCUT2D eigenvalue weighted by atomic mass is 16.5. The van der Waals surface area contributed by atoms with Gasteiger partial charge in [0, 0.05) is 23.5 Å². The average molecular weight is 319 g/mol.